The zero-order chi connectivity index (χ0) is 21.5. The van der Waals surface area contributed by atoms with Crippen molar-refractivity contribution in [3.8, 4) is 0 Å². The van der Waals surface area contributed by atoms with Gasteiger partial charge in [-0.15, -0.1) is 0 Å². The van der Waals surface area contributed by atoms with Crippen LogP contribution in [-0.2, 0) is 9.59 Å². The van der Waals surface area contributed by atoms with Crippen molar-refractivity contribution in [3.63, 3.8) is 0 Å². The number of hydrogen-bond donors (Lipinski definition) is 3. The minimum Gasteiger partial charge on any atom is -0.393 e. The molecule has 3 N–H and O–H groups in total. The molecule has 2 saturated heterocycles. The van der Waals surface area contributed by atoms with Crippen LogP contribution >= 0.6 is 0 Å². The van der Waals surface area contributed by atoms with Gasteiger partial charge in [0, 0.05) is 38.2 Å². The molecular weight excluding hydrogens is 384 g/mol. The maximum absolute atomic E-state index is 13.1. The Balaban J connectivity index is 1.47. The summed E-state index contributed by atoms with van der Waals surface area (Å²) in [6, 6.07) is 6.78. The monoisotopic (exact) mass is 414 g/mol. The van der Waals surface area contributed by atoms with Gasteiger partial charge in [0.05, 0.1) is 11.7 Å². The topological polar surface area (TPSA) is 102 Å². The maximum atomic E-state index is 13.1. The summed E-state index contributed by atoms with van der Waals surface area (Å²) in [6.07, 6.45) is 1.42. The highest BCUT2D eigenvalue weighted by atomic mass is 16.3. The molecule has 0 unspecified atom stereocenters. The summed E-state index contributed by atoms with van der Waals surface area (Å²) < 4.78 is 0. The van der Waals surface area contributed by atoms with Gasteiger partial charge in [-0.3, -0.25) is 14.4 Å². The number of nitrogens with one attached hydrogen (secondary N) is 2. The van der Waals surface area contributed by atoms with E-state index >= 15 is 0 Å². The van der Waals surface area contributed by atoms with Crippen molar-refractivity contribution in [2.45, 2.75) is 57.3 Å². The number of aliphatic hydroxyl groups is 1. The van der Waals surface area contributed by atoms with Crippen LogP contribution in [-0.4, -0.2) is 70.1 Å². The third-order valence-corrected chi connectivity index (χ3v) is 6.76. The Labute approximate surface area is 176 Å². The Morgan fingerprint density at radius 2 is 1.97 bits per heavy atom. The van der Waals surface area contributed by atoms with Gasteiger partial charge in [-0.05, 0) is 37.8 Å². The molecule has 3 heterocycles. The predicted molar refractivity (Wildman–Crippen MR) is 112 cm³/mol. The molecule has 0 aromatic heterocycles. The van der Waals surface area contributed by atoms with Gasteiger partial charge in [-0.2, -0.15) is 0 Å². The molecule has 0 radical (unpaired) electrons. The smallest absolute Gasteiger partial charge is 0.255 e. The summed E-state index contributed by atoms with van der Waals surface area (Å²) in [4.78, 5) is 41.9. The molecule has 162 valence electrons. The molecule has 0 aliphatic carbocycles. The first kappa shape index (κ1) is 20.7. The molecule has 3 aliphatic rings. The number of rotatable bonds is 2. The van der Waals surface area contributed by atoms with Crippen LogP contribution in [0.3, 0.4) is 0 Å². The number of benzene rings is 1. The van der Waals surface area contributed by atoms with E-state index in [-0.39, 0.29) is 36.2 Å². The minimum absolute atomic E-state index is 0.0275. The third-order valence-electron chi connectivity index (χ3n) is 6.76. The molecule has 3 amide bonds. The summed E-state index contributed by atoms with van der Waals surface area (Å²) in [5, 5.41) is 16.4. The van der Waals surface area contributed by atoms with E-state index in [1.165, 1.54) is 0 Å². The van der Waals surface area contributed by atoms with E-state index in [1.807, 2.05) is 25.1 Å². The van der Waals surface area contributed by atoms with Crippen molar-refractivity contribution in [2.24, 2.45) is 5.92 Å². The fourth-order valence-electron chi connectivity index (χ4n) is 4.78. The number of fused-ring (bicyclic) bond motifs is 1. The summed E-state index contributed by atoms with van der Waals surface area (Å²) in [5.74, 6) is -0.272. The highest BCUT2D eigenvalue weighted by Gasteiger charge is 2.42. The van der Waals surface area contributed by atoms with E-state index in [9.17, 15) is 19.5 Å². The normalized spacial score (nSPS) is 30.2. The minimum atomic E-state index is -0.692. The molecule has 3 aliphatic heterocycles. The average molecular weight is 415 g/mol. The van der Waals surface area contributed by atoms with Crippen LogP contribution in [0.1, 0.15) is 49.9 Å². The number of piperidine rings is 1. The maximum Gasteiger partial charge on any atom is 0.255 e. The van der Waals surface area contributed by atoms with Gasteiger partial charge in [0.1, 0.15) is 11.7 Å². The van der Waals surface area contributed by atoms with E-state index in [4.69, 9.17) is 0 Å². The molecule has 8 nitrogen and oxygen atoms in total. The number of nitrogens with zero attached hydrogens (tertiary/aromatic N) is 2. The van der Waals surface area contributed by atoms with Crippen LogP contribution in [0.25, 0.3) is 0 Å². The molecule has 0 saturated carbocycles. The predicted octanol–water partition coefficient (Wildman–Crippen LogP) is 1.17. The molecule has 30 heavy (non-hydrogen) atoms. The van der Waals surface area contributed by atoms with Gasteiger partial charge >= 0.3 is 0 Å². The van der Waals surface area contributed by atoms with Crippen molar-refractivity contribution >= 4 is 23.4 Å². The van der Waals surface area contributed by atoms with Gasteiger partial charge in [0.25, 0.3) is 5.91 Å². The first-order chi connectivity index (χ1) is 14.3. The lowest BCUT2D eigenvalue weighted by Gasteiger charge is -2.40. The van der Waals surface area contributed by atoms with E-state index < -0.39 is 11.7 Å². The lowest BCUT2D eigenvalue weighted by Crippen LogP contribution is -2.58. The van der Waals surface area contributed by atoms with Gasteiger partial charge in [-0.1, -0.05) is 19.1 Å². The van der Waals surface area contributed by atoms with Crippen LogP contribution in [0.5, 0.6) is 0 Å². The highest BCUT2D eigenvalue weighted by Crippen LogP contribution is 2.32. The molecule has 1 spiro atoms. The number of para-hydroxylation sites is 1. The zero-order valence-corrected chi connectivity index (χ0v) is 17.6. The Morgan fingerprint density at radius 1 is 1.20 bits per heavy atom. The number of aliphatic hydroxyl groups excluding tert-OH is 1. The molecule has 0 bridgehead atoms. The SMILES string of the molecule is C[C@@H]1CN(C(=O)[C@H](C)N2CC[C@@]3(CCC2=O)NC(=O)c2ccccc2N3)CC[C@H]1O. The number of likely N-dealkylation sites (tertiary alicyclic amines) is 2. The summed E-state index contributed by atoms with van der Waals surface area (Å²) in [5.41, 5.74) is 0.676. The average Bonchev–Trinajstić information content (AvgIpc) is 2.88. The number of amides is 3. The standard InChI is InChI=1S/C22H30N4O4/c1-14-13-25(11-8-18(14)27)21(30)15(2)26-12-10-22(9-7-19(26)28)23-17-6-4-3-5-16(17)20(29)24-22/h3-6,14-15,18,23,27H,7-13H2,1-2H3,(H,24,29)/t14-,15+,18-,22-/m1/s1. The second-order valence-electron chi connectivity index (χ2n) is 8.84. The molecule has 4 atom stereocenters. The first-order valence-corrected chi connectivity index (χ1v) is 10.8. The van der Waals surface area contributed by atoms with E-state index in [1.54, 1.807) is 22.8 Å². The number of carbonyl (C=O) groups is 3. The van der Waals surface area contributed by atoms with Crippen molar-refractivity contribution in [1.82, 2.24) is 15.1 Å². The van der Waals surface area contributed by atoms with Crippen molar-refractivity contribution in [3.05, 3.63) is 29.8 Å². The number of hydrogen-bond acceptors (Lipinski definition) is 5. The van der Waals surface area contributed by atoms with Crippen LogP contribution in [0, 0.1) is 5.92 Å². The second kappa shape index (κ2) is 7.91. The molecule has 1 aromatic carbocycles. The molecule has 8 heteroatoms. The van der Waals surface area contributed by atoms with Gasteiger partial charge in [-0.25, -0.2) is 0 Å². The van der Waals surface area contributed by atoms with Crippen molar-refractivity contribution in [2.75, 3.05) is 25.0 Å². The Hall–Kier alpha value is -2.61. The third kappa shape index (κ3) is 3.76. The summed E-state index contributed by atoms with van der Waals surface area (Å²) in [6.45, 7) is 5.11. The van der Waals surface area contributed by atoms with Gasteiger partial charge < -0.3 is 25.5 Å². The van der Waals surface area contributed by atoms with Crippen LogP contribution in [0.15, 0.2) is 24.3 Å². The Morgan fingerprint density at radius 3 is 2.73 bits per heavy atom. The molecule has 4 rings (SSSR count). The Bertz CT molecular complexity index is 859. The van der Waals surface area contributed by atoms with Crippen molar-refractivity contribution < 1.29 is 19.5 Å². The first-order valence-electron chi connectivity index (χ1n) is 10.8. The summed E-state index contributed by atoms with van der Waals surface area (Å²) in [7, 11) is 0. The summed E-state index contributed by atoms with van der Waals surface area (Å²) >= 11 is 0. The van der Waals surface area contributed by atoms with Crippen LogP contribution in [0.4, 0.5) is 5.69 Å². The quantitative estimate of drug-likeness (QED) is 0.674. The van der Waals surface area contributed by atoms with E-state index in [0.29, 0.717) is 44.5 Å². The lowest BCUT2D eigenvalue weighted by atomic mass is 9.95. The Kier molecular flexibility index (Phi) is 5.44. The van der Waals surface area contributed by atoms with Crippen LogP contribution in [0.2, 0.25) is 0 Å². The van der Waals surface area contributed by atoms with E-state index in [0.717, 1.165) is 5.69 Å². The van der Waals surface area contributed by atoms with E-state index in [2.05, 4.69) is 10.6 Å². The van der Waals surface area contributed by atoms with Gasteiger partial charge in [0.2, 0.25) is 11.8 Å². The number of carbonyl (C=O) groups excluding carboxylic acids is 3. The van der Waals surface area contributed by atoms with Crippen molar-refractivity contribution in [1.29, 1.82) is 0 Å². The number of anilines is 1. The highest BCUT2D eigenvalue weighted by molar-refractivity contribution is 6.02. The fraction of sp³-hybridized carbons (Fsp3) is 0.591. The lowest BCUT2D eigenvalue weighted by molar-refractivity contribution is -0.147. The molecule has 2 fully saturated rings. The molecule has 1 aromatic rings. The largest absolute Gasteiger partial charge is 0.393 e. The molecular formula is C22H30N4O4. The zero-order valence-electron chi connectivity index (χ0n) is 17.6. The van der Waals surface area contributed by atoms with Crippen LogP contribution < -0.4 is 10.6 Å². The second-order valence-corrected chi connectivity index (χ2v) is 8.84. The van der Waals surface area contributed by atoms with Gasteiger partial charge in [0.15, 0.2) is 0 Å². The fourth-order valence-corrected chi connectivity index (χ4v) is 4.78.